The first-order chi connectivity index (χ1) is 16.7. The number of imide groups is 1. The standard InChI is InChI=1S/C27H34N4O2S/c32-26-21-9-3-4-10-22(21)27(33)31(26)18-20-8-2-1-7-19(20)17-29-13-15-30(16-14-29)25-23-11-5-6-12-24(23)34-28-25/h1-2,5-6,11-12,19-22H,3-4,7-10,13-18H2. The van der Waals surface area contributed by atoms with Crippen LogP contribution in [-0.2, 0) is 9.59 Å². The van der Waals surface area contributed by atoms with Gasteiger partial charge in [0, 0.05) is 44.7 Å². The van der Waals surface area contributed by atoms with E-state index in [1.54, 1.807) is 16.4 Å². The number of carbonyl (C=O) groups is 2. The van der Waals surface area contributed by atoms with Gasteiger partial charge >= 0.3 is 0 Å². The highest BCUT2D eigenvalue weighted by Gasteiger charge is 2.48. The van der Waals surface area contributed by atoms with Crippen molar-refractivity contribution in [1.29, 1.82) is 0 Å². The largest absolute Gasteiger partial charge is 0.353 e. The van der Waals surface area contributed by atoms with Gasteiger partial charge in [-0.05, 0) is 61.2 Å². The number of aromatic nitrogens is 1. The monoisotopic (exact) mass is 478 g/mol. The Bertz CT molecular complexity index is 1070. The summed E-state index contributed by atoms with van der Waals surface area (Å²) in [5, 5.41) is 1.26. The highest BCUT2D eigenvalue weighted by molar-refractivity contribution is 7.13. The Labute approximate surface area is 205 Å². The summed E-state index contributed by atoms with van der Waals surface area (Å²) in [6.45, 7) is 5.71. The maximum absolute atomic E-state index is 13.0. The Morgan fingerprint density at radius 2 is 1.50 bits per heavy atom. The van der Waals surface area contributed by atoms with Gasteiger partial charge in [-0.2, -0.15) is 4.37 Å². The molecule has 0 spiro atoms. The van der Waals surface area contributed by atoms with Crippen LogP contribution in [-0.4, -0.2) is 65.3 Å². The zero-order chi connectivity index (χ0) is 23.1. The third-order valence-corrected chi connectivity index (χ3v) is 9.40. The van der Waals surface area contributed by atoms with Gasteiger partial charge in [-0.25, -0.2) is 0 Å². The summed E-state index contributed by atoms with van der Waals surface area (Å²) >= 11 is 1.59. The minimum absolute atomic E-state index is 0.0336. The highest BCUT2D eigenvalue weighted by atomic mass is 32.1. The Hall–Kier alpha value is -2.25. The molecule has 180 valence electrons. The third-order valence-electron chi connectivity index (χ3n) is 8.58. The van der Waals surface area contributed by atoms with Gasteiger partial charge in [-0.3, -0.25) is 19.4 Å². The number of amides is 2. The molecule has 2 aromatic rings. The number of nitrogens with zero attached hydrogens (tertiary/aromatic N) is 4. The maximum Gasteiger partial charge on any atom is 0.233 e. The number of rotatable bonds is 5. The Morgan fingerprint density at radius 3 is 2.21 bits per heavy atom. The predicted molar refractivity (Wildman–Crippen MR) is 136 cm³/mol. The normalized spacial score (nSPS) is 30.4. The van der Waals surface area contributed by atoms with Gasteiger partial charge in [0.05, 0.1) is 16.5 Å². The van der Waals surface area contributed by atoms with E-state index in [-0.39, 0.29) is 23.7 Å². The number of fused-ring (bicyclic) bond motifs is 2. The van der Waals surface area contributed by atoms with Gasteiger partial charge in [0.2, 0.25) is 11.8 Å². The van der Waals surface area contributed by atoms with Crippen LogP contribution in [0.3, 0.4) is 0 Å². The van der Waals surface area contributed by atoms with E-state index in [1.165, 1.54) is 10.1 Å². The van der Waals surface area contributed by atoms with Crippen LogP contribution in [0.25, 0.3) is 10.1 Å². The second-order valence-electron chi connectivity index (χ2n) is 10.5. The molecule has 2 aliphatic carbocycles. The average molecular weight is 479 g/mol. The van der Waals surface area contributed by atoms with Gasteiger partial charge in [-0.1, -0.05) is 37.1 Å². The van der Waals surface area contributed by atoms with E-state index < -0.39 is 0 Å². The van der Waals surface area contributed by atoms with E-state index in [1.807, 2.05) is 0 Å². The molecule has 3 fully saturated rings. The van der Waals surface area contributed by atoms with Gasteiger partial charge in [0.15, 0.2) is 0 Å². The molecule has 4 atom stereocenters. The van der Waals surface area contributed by atoms with Crippen LogP contribution in [0.4, 0.5) is 5.82 Å². The quantitative estimate of drug-likeness (QED) is 0.477. The molecular formula is C27H34N4O2S. The molecule has 1 aromatic heterocycles. The van der Waals surface area contributed by atoms with Crippen molar-refractivity contribution in [1.82, 2.24) is 14.2 Å². The number of allylic oxidation sites excluding steroid dienone is 2. The fourth-order valence-electron chi connectivity index (χ4n) is 6.59. The molecule has 1 aromatic carbocycles. The molecule has 2 aliphatic heterocycles. The van der Waals surface area contributed by atoms with Crippen LogP contribution < -0.4 is 4.90 Å². The van der Waals surface area contributed by atoms with E-state index in [4.69, 9.17) is 4.37 Å². The molecule has 34 heavy (non-hydrogen) atoms. The number of anilines is 1. The van der Waals surface area contributed by atoms with Crippen LogP contribution in [0, 0.1) is 23.7 Å². The fraction of sp³-hybridized carbons (Fsp3) is 0.593. The number of benzene rings is 1. The molecule has 0 N–H and O–H groups in total. The Morgan fingerprint density at radius 1 is 0.853 bits per heavy atom. The van der Waals surface area contributed by atoms with Crippen LogP contribution in [0.5, 0.6) is 0 Å². The smallest absolute Gasteiger partial charge is 0.233 e. The summed E-state index contributed by atoms with van der Waals surface area (Å²) in [5.41, 5.74) is 0. The van der Waals surface area contributed by atoms with Crippen molar-refractivity contribution in [3.63, 3.8) is 0 Å². The summed E-state index contributed by atoms with van der Waals surface area (Å²) < 4.78 is 6.00. The van der Waals surface area contributed by atoms with Crippen molar-refractivity contribution in [2.75, 3.05) is 44.2 Å². The van der Waals surface area contributed by atoms with Gasteiger partial charge in [-0.15, -0.1) is 0 Å². The fourth-order valence-corrected chi connectivity index (χ4v) is 7.39. The Balaban J connectivity index is 1.08. The molecule has 4 unspecified atom stereocenters. The summed E-state index contributed by atoms with van der Waals surface area (Å²) in [6, 6.07) is 8.50. The van der Waals surface area contributed by atoms with E-state index in [0.717, 1.165) is 77.1 Å². The second kappa shape index (κ2) is 9.42. The summed E-state index contributed by atoms with van der Waals surface area (Å²) in [7, 11) is 0. The van der Waals surface area contributed by atoms with Crippen molar-refractivity contribution in [2.45, 2.75) is 38.5 Å². The van der Waals surface area contributed by atoms with E-state index >= 15 is 0 Å². The number of hydrogen-bond donors (Lipinski definition) is 0. The van der Waals surface area contributed by atoms with E-state index in [0.29, 0.717) is 18.4 Å². The van der Waals surface area contributed by atoms with Crippen LogP contribution >= 0.6 is 11.5 Å². The first kappa shape index (κ1) is 22.2. The number of hydrogen-bond acceptors (Lipinski definition) is 6. The zero-order valence-corrected chi connectivity index (χ0v) is 20.6. The first-order valence-corrected chi connectivity index (χ1v) is 13.8. The minimum atomic E-state index is -0.0336. The summed E-state index contributed by atoms with van der Waals surface area (Å²) in [6.07, 6.45) is 10.6. The Kier molecular flexibility index (Phi) is 6.16. The predicted octanol–water partition coefficient (Wildman–Crippen LogP) is 4.18. The van der Waals surface area contributed by atoms with E-state index in [9.17, 15) is 9.59 Å². The summed E-state index contributed by atoms with van der Waals surface area (Å²) in [5.74, 6) is 2.17. The lowest BCUT2D eigenvalue weighted by atomic mass is 9.81. The summed E-state index contributed by atoms with van der Waals surface area (Å²) in [4.78, 5) is 32.7. The molecule has 0 radical (unpaired) electrons. The third kappa shape index (κ3) is 4.07. The molecule has 3 heterocycles. The first-order valence-electron chi connectivity index (χ1n) is 13.0. The van der Waals surface area contributed by atoms with E-state index in [2.05, 4.69) is 46.2 Å². The molecule has 0 bridgehead atoms. The minimum Gasteiger partial charge on any atom is -0.353 e. The highest BCUT2D eigenvalue weighted by Crippen LogP contribution is 2.39. The van der Waals surface area contributed by atoms with Crippen LogP contribution in [0.1, 0.15) is 38.5 Å². The molecule has 2 amide bonds. The maximum atomic E-state index is 13.0. The molecule has 6 nitrogen and oxygen atoms in total. The second-order valence-corrected chi connectivity index (χ2v) is 11.3. The van der Waals surface area contributed by atoms with Crippen LogP contribution in [0.15, 0.2) is 36.4 Å². The molecule has 1 saturated carbocycles. The number of likely N-dealkylation sites (tertiary alicyclic amines) is 1. The van der Waals surface area contributed by atoms with Crippen molar-refractivity contribution in [3.8, 4) is 0 Å². The topological polar surface area (TPSA) is 56.8 Å². The lowest BCUT2D eigenvalue weighted by molar-refractivity contribution is -0.141. The van der Waals surface area contributed by atoms with Crippen molar-refractivity contribution >= 4 is 39.3 Å². The van der Waals surface area contributed by atoms with Crippen molar-refractivity contribution in [2.24, 2.45) is 23.7 Å². The van der Waals surface area contributed by atoms with Gasteiger partial charge in [0.25, 0.3) is 0 Å². The number of carbonyl (C=O) groups excluding carboxylic acids is 2. The molecule has 7 heteroatoms. The molecule has 6 rings (SSSR count). The lowest BCUT2D eigenvalue weighted by Crippen LogP contribution is -2.49. The molecule has 4 aliphatic rings. The van der Waals surface area contributed by atoms with Gasteiger partial charge in [0.1, 0.15) is 5.82 Å². The van der Waals surface area contributed by atoms with Crippen LogP contribution in [0.2, 0.25) is 0 Å². The average Bonchev–Trinajstić information content (AvgIpc) is 3.41. The molecular weight excluding hydrogens is 444 g/mol. The molecule has 2 saturated heterocycles. The zero-order valence-electron chi connectivity index (χ0n) is 19.8. The van der Waals surface area contributed by atoms with Crippen molar-refractivity contribution in [3.05, 3.63) is 36.4 Å². The number of piperazine rings is 1. The van der Waals surface area contributed by atoms with Crippen molar-refractivity contribution < 1.29 is 9.59 Å². The lowest BCUT2D eigenvalue weighted by Gasteiger charge is -2.39. The van der Waals surface area contributed by atoms with Gasteiger partial charge < -0.3 is 4.90 Å². The SMILES string of the molecule is O=C1C2CCCCC2C(=O)N1CC1CC=CCC1CN1CCN(c2nsc3ccccc23)CC1.